The van der Waals surface area contributed by atoms with Crippen molar-refractivity contribution in [3.63, 3.8) is 0 Å². The zero-order valence-electron chi connectivity index (χ0n) is 11.7. The molecule has 0 radical (unpaired) electrons. The smallest absolute Gasteiger partial charge is 0.164 e. The lowest BCUT2D eigenvalue weighted by atomic mass is 10.2. The van der Waals surface area contributed by atoms with Gasteiger partial charge in [-0.15, -0.1) is 0 Å². The summed E-state index contributed by atoms with van der Waals surface area (Å²) in [5, 5.41) is 2.45. The number of hydrogen-bond acceptors (Lipinski definition) is 2. The van der Waals surface area contributed by atoms with Gasteiger partial charge in [-0.05, 0) is 31.2 Å². The van der Waals surface area contributed by atoms with E-state index < -0.39 is 0 Å². The minimum absolute atomic E-state index is 0.311. The van der Waals surface area contributed by atoms with Crippen molar-refractivity contribution in [2.75, 3.05) is 0 Å². The number of rotatable bonds is 3. The molecule has 0 atom stereocenters. The van der Waals surface area contributed by atoms with Crippen LogP contribution < -0.4 is 4.74 Å². The van der Waals surface area contributed by atoms with Gasteiger partial charge in [0.25, 0.3) is 0 Å². The molecule has 0 N–H and O–H groups in total. The van der Waals surface area contributed by atoms with Gasteiger partial charge in [-0.2, -0.15) is 0 Å². The van der Waals surface area contributed by atoms with Crippen LogP contribution in [-0.4, -0.2) is 4.98 Å². The van der Waals surface area contributed by atoms with Crippen LogP contribution in [0.4, 0.5) is 0 Å². The van der Waals surface area contributed by atoms with E-state index in [0.717, 1.165) is 16.6 Å². The lowest BCUT2D eigenvalue weighted by Crippen LogP contribution is -1.99. The third-order valence-electron chi connectivity index (χ3n) is 3.31. The molecule has 0 bridgehead atoms. The van der Waals surface area contributed by atoms with Crippen LogP contribution >= 0.6 is 34.8 Å². The molecule has 3 rings (SSSR count). The molecule has 0 fully saturated rings. The molecular weight excluding hydrogens is 341 g/mol. The molecule has 1 aromatic heterocycles. The monoisotopic (exact) mass is 351 g/mol. The van der Waals surface area contributed by atoms with Crippen molar-refractivity contribution in [2.24, 2.45) is 0 Å². The minimum atomic E-state index is 0.311. The fourth-order valence-electron chi connectivity index (χ4n) is 2.19. The van der Waals surface area contributed by atoms with Crippen LogP contribution in [0.25, 0.3) is 10.9 Å². The highest BCUT2D eigenvalue weighted by Crippen LogP contribution is 2.37. The Bertz CT molecular complexity index is 849. The van der Waals surface area contributed by atoms with E-state index >= 15 is 0 Å². The summed E-state index contributed by atoms with van der Waals surface area (Å²) in [6, 6.07) is 13.0. The second-order valence-corrected chi connectivity index (χ2v) is 6.12. The fraction of sp³-hybridized carbons (Fsp3) is 0.118. The summed E-state index contributed by atoms with van der Waals surface area (Å²) in [6.45, 7) is 2.22. The molecule has 0 saturated carbocycles. The first-order chi connectivity index (χ1) is 10.6. The topological polar surface area (TPSA) is 22.1 Å². The highest BCUT2D eigenvalue weighted by molar-refractivity contribution is 6.39. The molecule has 0 saturated heterocycles. The normalized spacial score (nSPS) is 10.9. The lowest BCUT2D eigenvalue weighted by molar-refractivity contribution is 0.309. The molecule has 0 amide bonds. The van der Waals surface area contributed by atoms with Crippen molar-refractivity contribution >= 4 is 45.7 Å². The maximum Gasteiger partial charge on any atom is 0.164 e. The summed E-state index contributed by atoms with van der Waals surface area (Å²) in [5.41, 5.74) is 2.41. The first-order valence-corrected chi connectivity index (χ1v) is 7.81. The summed E-state index contributed by atoms with van der Waals surface area (Å²) in [5.74, 6) is 0.518. The van der Waals surface area contributed by atoms with Crippen LogP contribution in [0, 0.1) is 6.92 Å². The highest BCUT2D eigenvalue weighted by atomic mass is 35.5. The molecule has 1 heterocycles. The molecule has 0 aliphatic carbocycles. The average molecular weight is 353 g/mol. The van der Waals surface area contributed by atoms with Crippen molar-refractivity contribution in [2.45, 2.75) is 13.5 Å². The van der Waals surface area contributed by atoms with Crippen LogP contribution in [0.2, 0.25) is 15.1 Å². The van der Waals surface area contributed by atoms with Gasteiger partial charge in [0.15, 0.2) is 5.75 Å². The number of aromatic nitrogens is 1. The Kier molecular flexibility index (Phi) is 4.44. The number of nitrogens with zero attached hydrogens (tertiary/aromatic N) is 1. The van der Waals surface area contributed by atoms with Crippen LogP contribution in [0.3, 0.4) is 0 Å². The Morgan fingerprint density at radius 1 is 0.955 bits per heavy atom. The minimum Gasteiger partial charge on any atom is -0.485 e. The summed E-state index contributed by atoms with van der Waals surface area (Å²) < 4.78 is 5.89. The number of aryl methyl sites for hydroxylation is 1. The molecule has 0 unspecified atom stereocenters. The molecule has 0 aliphatic rings. The van der Waals surface area contributed by atoms with Crippen molar-refractivity contribution in [1.82, 2.24) is 4.98 Å². The van der Waals surface area contributed by atoms with Gasteiger partial charge in [-0.1, -0.05) is 53.0 Å². The van der Waals surface area contributed by atoms with Gasteiger partial charge < -0.3 is 4.74 Å². The zero-order chi connectivity index (χ0) is 15.7. The molecule has 2 aromatic carbocycles. The van der Waals surface area contributed by atoms with Gasteiger partial charge in [0, 0.05) is 21.7 Å². The highest BCUT2D eigenvalue weighted by Gasteiger charge is 2.14. The summed E-state index contributed by atoms with van der Waals surface area (Å²) in [4.78, 5) is 4.51. The van der Waals surface area contributed by atoms with E-state index in [1.807, 2.05) is 43.3 Å². The Morgan fingerprint density at radius 2 is 1.73 bits per heavy atom. The van der Waals surface area contributed by atoms with Crippen LogP contribution in [-0.2, 0) is 6.61 Å². The van der Waals surface area contributed by atoms with E-state index in [1.54, 1.807) is 6.07 Å². The van der Waals surface area contributed by atoms with Crippen molar-refractivity contribution in [3.8, 4) is 5.75 Å². The first-order valence-electron chi connectivity index (χ1n) is 6.68. The predicted molar refractivity (Wildman–Crippen MR) is 92.3 cm³/mol. The molecule has 0 spiro atoms. The average Bonchev–Trinajstić information content (AvgIpc) is 2.48. The predicted octanol–water partition coefficient (Wildman–Crippen LogP) is 6.08. The van der Waals surface area contributed by atoms with E-state index in [4.69, 9.17) is 39.5 Å². The number of pyridine rings is 1. The van der Waals surface area contributed by atoms with Gasteiger partial charge in [-0.25, -0.2) is 4.98 Å². The SMILES string of the molecule is Cc1ccc2c(Cl)cc(Cl)c(OCc3ccccc3Cl)c2n1. The van der Waals surface area contributed by atoms with Crippen molar-refractivity contribution < 1.29 is 4.74 Å². The maximum absolute atomic E-state index is 6.28. The number of fused-ring (bicyclic) bond motifs is 1. The van der Waals surface area contributed by atoms with Gasteiger partial charge in [0.05, 0.1) is 10.0 Å². The number of benzene rings is 2. The van der Waals surface area contributed by atoms with E-state index in [9.17, 15) is 0 Å². The number of hydrogen-bond donors (Lipinski definition) is 0. The largest absolute Gasteiger partial charge is 0.485 e. The summed E-state index contributed by atoms with van der Waals surface area (Å²) >= 11 is 18.7. The Labute approximate surface area is 143 Å². The molecular formula is C17H12Cl3NO. The molecule has 112 valence electrons. The van der Waals surface area contributed by atoms with E-state index in [1.165, 1.54) is 0 Å². The Balaban J connectivity index is 2.03. The summed E-state index contributed by atoms with van der Waals surface area (Å²) in [6.07, 6.45) is 0. The second kappa shape index (κ2) is 6.33. The fourth-order valence-corrected chi connectivity index (χ4v) is 2.95. The Morgan fingerprint density at radius 3 is 2.50 bits per heavy atom. The van der Waals surface area contributed by atoms with Gasteiger partial charge in [0.2, 0.25) is 0 Å². The van der Waals surface area contributed by atoms with Crippen LogP contribution in [0.15, 0.2) is 42.5 Å². The quantitative estimate of drug-likeness (QED) is 0.569. The van der Waals surface area contributed by atoms with Gasteiger partial charge in [-0.3, -0.25) is 0 Å². The van der Waals surface area contributed by atoms with Gasteiger partial charge in [0.1, 0.15) is 12.1 Å². The summed E-state index contributed by atoms with van der Waals surface area (Å²) in [7, 11) is 0. The molecule has 3 aromatic rings. The van der Waals surface area contributed by atoms with Crippen LogP contribution in [0.5, 0.6) is 5.75 Å². The zero-order valence-corrected chi connectivity index (χ0v) is 14.0. The second-order valence-electron chi connectivity index (χ2n) is 4.90. The third kappa shape index (κ3) is 3.00. The first kappa shape index (κ1) is 15.4. The van der Waals surface area contributed by atoms with Crippen molar-refractivity contribution in [3.05, 3.63) is 68.8 Å². The molecule has 2 nitrogen and oxygen atoms in total. The van der Waals surface area contributed by atoms with Crippen LogP contribution in [0.1, 0.15) is 11.3 Å². The molecule has 22 heavy (non-hydrogen) atoms. The molecule has 0 aliphatic heterocycles. The Hall–Kier alpha value is -1.48. The van der Waals surface area contributed by atoms with Crippen molar-refractivity contribution in [1.29, 1.82) is 0 Å². The van der Waals surface area contributed by atoms with E-state index in [0.29, 0.717) is 32.9 Å². The lowest BCUT2D eigenvalue weighted by Gasteiger charge is -2.13. The molecule has 5 heteroatoms. The third-order valence-corrected chi connectivity index (χ3v) is 4.27. The van der Waals surface area contributed by atoms with Gasteiger partial charge >= 0.3 is 0 Å². The number of halogens is 3. The van der Waals surface area contributed by atoms with E-state index in [-0.39, 0.29) is 0 Å². The standard InChI is InChI=1S/C17H12Cl3NO/c1-10-6-7-12-14(19)8-15(20)17(16(12)21-10)22-9-11-4-2-3-5-13(11)18/h2-8H,9H2,1H3. The number of ether oxygens (including phenoxy) is 1. The van der Waals surface area contributed by atoms with E-state index in [2.05, 4.69) is 4.98 Å². The maximum atomic E-state index is 6.28.